The Bertz CT molecular complexity index is 551. The molecule has 1 fully saturated rings. The predicted molar refractivity (Wildman–Crippen MR) is 69.2 cm³/mol. The van der Waals surface area contributed by atoms with Crippen LogP contribution in [-0.4, -0.2) is 27.0 Å². The minimum absolute atomic E-state index is 0.432. The smallest absolute Gasteiger partial charge is 0.235 e. The van der Waals surface area contributed by atoms with Crippen molar-refractivity contribution in [3.63, 3.8) is 0 Å². The van der Waals surface area contributed by atoms with Crippen LogP contribution in [0, 0.1) is 11.7 Å². The highest BCUT2D eigenvalue weighted by atomic mass is 32.2. The fourth-order valence-corrected chi connectivity index (χ4v) is 3.92. The van der Waals surface area contributed by atoms with E-state index in [1.165, 1.54) is 4.31 Å². The maximum atomic E-state index is 12.6. The third kappa shape index (κ3) is 2.26. The Morgan fingerprint density at radius 2 is 2.06 bits per heavy atom. The van der Waals surface area contributed by atoms with Crippen molar-refractivity contribution in [2.45, 2.75) is 30.7 Å². The van der Waals surface area contributed by atoms with E-state index in [0.717, 1.165) is 12.0 Å². The maximum absolute atomic E-state index is 12.6. The van der Waals surface area contributed by atoms with Crippen molar-refractivity contribution >= 4 is 15.8 Å². The van der Waals surface area contributed by atoms with E-state index in [-0.39, 0.29) is 0 Å². The highest BCUT2D eigenvalue weighted by molar-refractivity contribution is 7.90. The normalized spacial score (nSPS) is 23.7. The molecule has 1 aromatic rings. The van der Waals surface area contributed by atoms with Gasteiger partial charge in [-0.1, -0.05) is 17.7 Å². The number of aryl methyl sites for hydroxylation is 1. The molecule has 1 unspecified atom stereocenters. The van der Waals surface area contributed by atoms with Crippen molar-refractivity contribution in [1.29, 1.82) is 4.78 Å². The largest absolute Gasteiger partial charge is 0.368 e. The molecular weight excluding hydrogens is 250 g/mol. The van der Waals surface area contributed by atoms with Crippen LogP contribution in [0.2, 0.25) is 0 Å². The van der Waals surface area contributed by atoms with Crippen LogP contribution in [0.15, 0.2) is 29.2 Å². The Labute approximate surface area is 107 Å². The van der Waals surface area contributed by atoms with Gasteiger partial charge < -0.3 is 5.73 Å². The monoisotopic (exact) mass is 267 g/mol. The third-order valence-corrected chi connectivity index (χ3v) is 5.21. The first kappa shape index (κ1) is 13.0. The molecule has 0 aromatic heterocycles. The fourth-order valence-electron chi connectivity index (χ4n) is 2.19. The number of nitrogens with zero attached hydrogens (tertiary/aromatic N) is 1. The van der Waals surface area contributed by atoms with Gasteiger partial charge in [0.05, 0.1) is 4.90 Å². The molecule has 5 nitrogen and oxygen atoms in total. The second-order valence-electron chi connectivity index (χ2n) is 4.54. The van der Waals surface area contributed by atoms with Crippen LogP contribution in [0.1, 0.15) is 18.4 Å². The molecule has 3 N–H and O–H groups in total. The lowest BCUT2D eigenvalue weighted by atomic mass is 10.2. The van der Waals surface area contributed by atoms with Crippen molar-refractivity contribution < 1.29 is 9.00 Å². The first-order valence-electron chi connectivity index (χ1n) is 5.84. The van der Waals surface area contributed by atoms with Gasteiger partial charge in [-0.15, -0.1) is 0 Å². The Morgan fingerprint density at radius 3 is 2.61 bits per heavy atom. The number of nitrogens with one attached hydrogen (secondary N) is 1. The summed E-state index contributed by atoms with van der Waals surface area (Å²) < 4.78 is 22.1. The molecule has 1 aromatic carbocycles. The van der Waals surface area contributed by atoms with E-state index in [9.17, 15) is 9.00 Å². The van der Waals surface area contributed by atoms with E-state index >= 15 is 0 Å². The molecule has 1 amide bonds. The second kappa shape index (κ2) is 4.70. The molecule has 0 bridgehead atoms. The van der Waals surface area contributed by atoms with Gasteiger partial charge in [0.2, 0.25) is 5.91 Å². The number of hydrogen-bond acceptors (Lipinski definition) is 3. The summed E-state index contributed by atoms with van der Waals surface area (Å²) in [5.41, 5.74) is 6.34. The highest BCUT2D eigenvalue weighted by Gasteiger charge is 2.36. The SMILES string of the molecule is Cc1ccc([S@](=N)(=O)N2CCCC2C(N)=O)cc1. The summed E-state index contributed by atoms with van der Waals surface area (Å²) >= 11 is 0. The van der Waals surface area contributed by atoms with E-state index < -0.39 is 21.9 Å². The molecular formula is C12H17N3O2S. The number of amides is 1. The topological polar surface area (TPSA) is 87.2 Å². The second-order valence-corrected chi connectivity index (χ2v) is 6.53. The molecule has 1 saturated heterocycles. The Kier molecular flexibility index (Phi) is 3.41. The van der Waals surface area contributed by atoms with Gasteiger partial charge in [-0.05, 0) is 31.9 Å². The summed E-state index contributed by atoms with van der Waals surface area (Å²) in [7, 11) is -3.12. The standard InChI is InChI=1S/C12H17N3O2S/c1-9-4-6-10(7-5-9)18(14,17)15-8-2-3-11(15)12(13)16/h4-7,11,14H,2-3,8H2,1H3,(H2,13,16)/t11?,18-/m1/s1. The number of benzene rings is 1. The highest BCUT2D eigenvalue weighted by Crippen LogP contribution is 2.26. The Morgan fingerprint density at radius 1 is 1.44 bits per heavy atom. The van der Waals surface area contributed by atoms with E-state index in [1.54, 1.807) is 12.1 Å². The first-order valence-corrected chi connectivity index (χ1v) is 7.36. The molecule has 6 heteroatoms. The number of hydrogen-bond donors (Lipinski definition) is 2. The van der Waals surface area contributed by atoms with E-state index in [4.69, 9.17) is 10.5 Å². The van der Waals surface area contributed by atoms with Gasteiger partial charge in [0.1, 0.15) is 16.0 Å². The van der Waals surface area contributed by atoms with Crippen LogP contribution in [-0.2, 0) is 14.7 Å². The van der Waals surface area contributed by atoms with Crippen LogP contribution in [0.4, 0.5) is 0 Å². The number of carbonyl (C=O) groups is 1. The summed E-state index contributed by atoms with van der Waals surface area (Å²) in [6.07, 6.45) is 1.33. The van der Waals surface area contributed by atoms with Crippen LogP contribution >= 0.6 is 0 Å². The molecule has 0 aliphatic carbocycles. The predicted octanol–water partition coefficient (Wildman–Crippen LogP) is 1.27. The molecule has 2 atom stereocenters. The first-order chi connectivity index (χ1) is 8.43. The van der Waals surface area contributed by atoms with Gasteiger partial charge in [0.25, 0.3) is 0 Å². The van der Waals surface area contributed by atoms with E-state index in [2.05, 4.69) is 0 Å². The van der Waals surface area contributed by atoms with Crippen molar-refractivity contribution in [2.24, 2.45) is 5.73 Å². The van der Waals surface area contributed by atoms with Crippen molar-refractivity contribution in [3.8, 4) is 0 Å². The Balaban J connectivity index is 2.36. The molecule has 1 aliphatic rings. The zero-order valence-electron chi connectivity index (χ0n) is 10.3. The fraction of sp³-hybridized carbons (Fsp3) is 0.417. The van der Waals surface area contributed by atoms with Crippen LogP contribution in [0.5, 0.6) is 0 Å². The third-order valence-electron chi connectivity index (χ3n) is 3.20. The average molecular weight is 267 g/mol. The molecule has 18 heavy (non-hydrogen) atoms. The number of carbonyl (C=O) groups excluding carboxylic acids is 1. The number of rotatable bonds is 3. The summed E-state index contributed by atoms with van der Waals surface area (Å²) in [6.45, 7) is 2.40. The summed E-state index contributed by atoms with van der Waals surface area (Å²) in [4.78, 5) is 11.7. The van der Waals surface area contributed by atoms with Gasteiger partial charge in [0.15, 0.2) is 0 Å². The quantitative estimate of drug-likeness (QED) is 0.863. The van der Waals surface area contributed by atoms with Gasteiger partial charge in [-0.2, -0.15) is 0 Å². The summed E-state index contributed by atoms with van der Waals surface area (Å²) in [5.74, 6) is -0.500. The summed E-state index contributed by atoms with van der Waals surface area (Å²) in [6, 6.07) is 6.41. The van der Waals surface area contributed by atoms with Crippen LogP contribution < -0.4 is 5.73 Å². The lowest BCUT2D eigenvalue weighted by molar-refractivity contribution is -0.120. The van der Waals surface area contributed by atoms with Crippen LogP contribution in [0.25, 0.3) is 0 Å². The molecule has 98 valence electrons. The molecule has 2 rings (SSSR count). The maximum Gasteiger partial charge on any atom is 0.235 e. The van der Waals surface area contributed by atoms with Crippen molar-refractivity contribution in [1.82, 2.24) is 4.31 Å². The zero-order chi connectivity index (χ0) is 13.3. The van der Waals surface area contributed by atoms with Crippen molar-refractivity contribution in [2.75, 3.05) is 6.54 Å². The lowest BCUT2D eigenvalue weighted by Crippen LogP contribution is -2.43. The van der Waals surface area contributed by atoms with Crippen LogP contribution in [0.3, 0.4) is 0 Å². The van der Waals surface area contributed by atoms with E-state index in [0.29, 0.717) is 17.9 Å². The lowest BCUT2D eigenvalue weighted by Gasteiger charge is -2.24. The summed E-state index contributed by atoms with van der Waals surface area (Å²) in [5, 5.41) is 0. The van der Waals surface area contributed by atoms with E-state index in [1.807, 2.05) is 19.1 Å². The Hall–Kier alpha value is -1.40. The van der Waals surface area contributed by atoms with Gasteiger partial charge >= 0.3 is 0 Å². The minimum Gasteiger partial charge on any atom is -0.368 e. The molecule has 0 radical (unpaired) electrons. The minimum atomic E-state index is -3.12. The number of primary amides is 1. The zero-order valence-corrected chi connectivity index (χ0v) is 11.1. The number of nitrogens with two attached hydrogens (primary N) is 1. The van der Waals surface area contributed by atoms with Gasteiger partial charge in [-0.3, -0.25) is 4.79 Å². The van der Waals surface area contributed by atoms with Crippen molar-refractivity contribution in [3.05, 3.63) is 29.8 Å². The molecule has 0 saturated carbocycles. The van der Waals surface area contributed by atoms with Gasteiger partial charge in [0, 0.05) is 6.54 Å². The average Bonchev–Trinajstić information content (AvgIpc) is 2.79. The molecule has 1 aliphatic heterocycles. The molecule has 1 heterocycles. The van der Waals surface area contributed by atoms with Gasteiger partial charge in [-0.25, -0.2) is 13.3 Å². The molecule has 0 spiro atoms.